The Labute approximate surface area is 176 Å². The van der Waals surface area contributed by atoms with Gasteiger partial charge in [0.05, 0.1) is 24.7 Å². The number of amides is 1. The molecule has 0 bridgehead atoms. The summed E-state index contributed by atoms with van der Waals surface area (Å²) in [5.74, 6) is 0.630. The van der Waals surface area contributed by atoms with Crippen molar-refractivity contribution in [2.24, 2.45) is 0 Å². The summed E-state index contributed by atoms with van der Waals surface area (Å²) in [6, 6.07) is 10.9. The van der Waals surface area contributed by atoms with Crippen LogP contribution in [0.4, 0.5) is 5.69 Å². The van der Waals surface area contributed by atoms with Gasteiger partial charge in [0.2, 0.25) is 10.0 Å². The normalized spacial score (nSPS) is 16.3. The number of sulfonamides is 1. The maximum absolute atomic E-state index is 12.7. The molecule has 0 radical (unpaired) electrons. The summed E-state index contributed by atoms with van der Waals surface area (Å²) in [5, 5.41) is 2.75. The Morgan fingerprint density at radius 1 is 1.20 bits per heavy atom. The Morgan fingerprint density at radius 3 is 2.73 bits per heavy atom. The number of nitrogens with one attached hydrogen (secondary N) is 2. The van der Waals surface area contributed by atoms with E-state index in [2.05, 4.69) is 10.0 Å². The van der Waals surface area contributed by atoms with Gasteiger partial charge in [-0.1, -0.05) is 6.07 Å². The molecule has 1 aliphatic rings. The van der Waals surface area contributed by atoms with Crippen LogP contribution in [-0.2, 0) is 14.8 Å². The van der Waals surface area contributed by atoms with E-state index >= 15 is 0 Å². The number of ether oxygens (including phenoxy) is 3. The second-order valence-corrected chi connectivity index (χ2v) is 8.53. The quantitative estimate of drug-likeness (QED) is 0.629. The van der Waals surface area contributed by atoms with Gasteiger partial charge in [0.25, 0.3) is 5.91 Å². The van der Waals surface area contributed by atoms with Crippen molar-refractivity contribution in [2.45, 2.75) is 30.8 Å². The van der Waals surface area contributed by atoms with E-state index in [-0.39, 0.29) is 23.1 Å². The van der Waals surface area contributed by atoms with Crippen LogP contribution in [0.15, 0.2) is 47.4 Å². The molecule has 1 unspecified atom stereocenters. The number of anilines is 1. The zero-order chi connectivity index (χ0) is 21.6. The standard InChI is InChI=1S/C21H26N2O6S/c1-3-28-19-10-9-16(13-20(19)27-2)23-21(24)15-6-4-8-18(12-15)30(25,26)22-14-17-7-5-11-29-17/h4,6,8-10,12-13,17,22H,3,5,7,11,14H2,1-2H3,(H,23,24). The van der Waals surface area contributed by atoms with Gasteiger partial charge in [0, 0.05) is 30.5 Å². The molecule has 9 heteroatoms. The lowest BCUT2D eigenvalue weighted by atomic mass is 10.2. The molecule has 0 aliphatic carbocycles. The van der Waals surface area contributed by atoms with Crippen LogP contribution in [0.1, 0.15) is 30.1 Å². The molecule has 1 saturated heterocycles. The average Bonchev–Trinajstić information content (AvgIpc) is 3.27. The number of hydrogen-bond donors (Lipinski definition) is 2. The second-order valence-electron chi connectivity index (χ2n) is 6.77. The third-order valence-electron chi connectivity index (χ3n) is 4.65. The molecule has 0 spiro atoms. The molecule has 2 N–H and O–H groups in total. The van der Waals surface area contributed by atoms with E-state index in [1.54, 1.807) is 24.3 Å². The van der Waals surface area contributed by atoms with Crippen LogP contribution in [-0.4, -0.2) is 47.3 Å². The zero-order valence-corrected chi connectivity index (χ0v) is 17.8. The Kier molecular flexibility index (Phi) is 7.30. The first kappa shape index (κ1) is 22.1. The van der Waals surface area contributed by atoms with Crippen molar-refractivity contribution in [2.75, 3.05) is 32.2 Å². The van der Waals surface area contributed by atoms with Crippen molar-refractivity contribution in [3.05, 3.63) is 48.0 Å². The Balaban J connectivity index is 1.71. The molecule has 162 valence electrons. The third-order valence-corrected chi connectivity index (χ3v) is 6.07. The van der Waals surface area contributed by atoms with E-state index < -0.39 is 15.9 Å². The minimum atomic E-state index is -3.75. The van der Waals surface area contributed by atoms with E-state index in [4.69, 9.17) is 14.2 Å². The van der Waals surface area contributed by atoms with Gasteiger partial charge in [0.15, 0.2) is 11.5 Å². The number of benzene rings is 2. The first-order valence-electron chi connectivity index (χ1n) is 9.76. The smallest absolute Gasteiger partial charge is 0.255 e. The van der Waals surface area contributed by atoms with E-state index in [1.165, 1.54) is 25.3 Å². The Hall–Kier alpha value is -2.62. The fourth-order valence-corrected chi connectivity index (χ4v) is 4.23. The summed E-state index contributed by atoms with van der Waals surface area (Å²) in [4.78, 5) is 12.7. The summed E-state index contributed by atoms with van der Waals surface area (Å²) in [7, 11) is -2.23. The van der Waals surface area contributed by atoms with E-state index in [9.17, 15) is 13.2 Å². The molecule has 2 aromatic rings. The van der Waals surface area contributed by atoms with Gasteiger partial charge >= 0.3 is 0 Å². The highest BCUT2D eigenvalue weighted by molar-refractivity contribution is 7.89. The van der Waals surface area contributed by atoms with Gasteiger partial charge in [0.1, 0.15) is 0 Å². The van der Waals surface area contributed by atoms with Crippen LogP contribution in [0.2, 0.25) is 0 Å². The SMILES string of the molecule is CCOc1ccc(NC(=O)c2cccc(S(=O)(=O)NCC3CCCO3)c2)cc1OC. The van der Waals surface area contributed by atoms with E-state index in [0.717, 1.165) is 12.8 Å². The highest BCUT2D eigenvalue weighted by Crippen LogP contribution is 2.30. The van der Waals surface area contributed by atoms with Gasteiger partial charge in [-0.2, -0.15) is 0 Å². The lowest BCUT2D eigenvalue weighted by Crippen LogP contribution is -2.32. The number of rotatable bonds is 9. The lowest BCUT2D eigenvalue weighted by Gasteiger charge is -2.13. The van der Waals surface area contributed by atoms with Gasteiger partial charge in [-0.3, -0.25) is 4.79 Å². The summed E-state index contributed by atoms with van der Waals surface area (Å²) in [5.41, 5.74) is 0.730. The highest BCUT2D eigenvalue weighted by Gasteiger charge is 2.21. The van der Waals surface area contributed by atoms with E-state index in [1.807, 2.05) is 6.92 Å². The van der Waals surface area contributed by atoms with Crippen LogP contribution in [0.3, 0.4) is 0 Å². The van der Waals surface area contributed by atoms with Crippen molar-refractivity contribution < 1.29 is 27.4 Å². The highest BCUT2D eigenvalue weighted by atomic mass is 32.2. The van der Waals surface area contributed by atoms with Crippen molar-refractivity contribution >= 4 is 21.6 Å². The van der Waals surface area contributed by atoms with Crippen LogP contribution < -0.4 is 19.5 Å². The number of methoxy groups -OCH3 is 1. The molecule has 1 fully saturated rings. The molecule has 0 aromatic heterocycles. The minimum Gasteiger partial charge on any atom is -0.493 e. The lowest BCUT2D eigenvalue weighted by molar-refractivity contribution is 0.102. The summed E-state index contributed by atoms with van der Waals surface area (Å²) >= 11 is 0. The van der Waals surface area contributed by atoms with Crippen LogP contribution in [0, 0.1) is 0 Å². The first-order chi connectivity index (χ1) is 14.4. The van der Waals surface area contributed by atoms with Crippen LogP contribution >= 0.6 is 0 Å². The predicted molar refractivity (Wildman–Crippen MR) is 113 cm³/mol. The molecule has 2 aromatic carbocycles. The van der Waals surface area contributed by atoms with E-state index in [0.29, 0.717) is 30.4 Å². The summed E-state index contributed by atoms with van der Waals surface area (Å²) < 4.78 is 43.9. The van der Waals surface area contributed by atoms with Crippen molar-refractivity contribution in [3.8, 4) is 11.5 Å². The molecule has 3 rings (SSSR count). The molecule has 0 saturated carbocycles. The average molecular weight is 435 g/mol. The van der Waals surface area contributed by atoms with Crippen molar-refractivity contribution in [3.63, 3.8) is 0 Å². The second kappa shape index (κ2) is 9.92. The van der Waals surface area contributed by atoms with Gasteiger partial charge < -0.3 is 19.5 Å². The van der Waals surface area contributed by atoms with Gasteiger partial charge in [-0.25, -0.2) is 13.1 Å². The fourth-order valence-electron chi connectivity index (χ4n) is 3.12. The maximum Gasteiger partial charge on any atom is 0.255 e. The summed E-state index contributed by atoms with van der Waals surface area (Å²) in [6.45, 7) is 3.22. The Morgan fingerprint density at radius 2 is 2.03 bits per heavy atom. The fraction of sp³-hybridized carbons (Fsp3) is 0.381. The molecule has 1 heterocycles. The molecular weight excluding hydrogens is 408 g/mol. The third kappa shape index (κ3) is 5.50. The maximum atomic E-state index is 12.7. The van der Waals surface area contributed by atoms with Crippen molar-refractivity contribution in [1.82, 2.24) is 4.72 Å². The molecule has 1 atom stereocenters. The minimum absolute atomic E-state index is 0.0254. The summed E-state index contributed by atoms with van der Waals surface area (Å²) in [6.07, 6.45) is 1.65. The largest absolute Gasteiger partial charge is 0.493 e. The molecule has 8 nitrogen and oxygen atoms in total. The molecule has 30 heavy (non-hydrogen) atoms. The van der Waals surface area contributed by atoms with Gasteiger partial charge in [-0.05, 0) is 50.1 Å². The molecule has 1 aliphatic heterocycles. The topological polar surface area (TPSA) is 103 Å². The molecule has 1 amide bonds. The first-order valence-corrected chi connectivity index (χ1v) is 11.2. The van der Waals surface area contributed by atoms with Gasteiger partial charge in [-0.15, -0.1) is 0 Å². The predicted octanol–water partition coefficient (Wildman–Crippen LogP) is 2.80. The Bertz CT molecular complexity index is 987. The monoisotopic (exact) mass is 434 g/mol. The number of carbonyl (C=O) groups excluding carboxylic acids is 1. The van der Waals surface area contributed by atoms with Crippen molar-refractivity contribution in [1.29, 1.82) is 0 Å². The molecular formula is C21H26N2O6S. The number of hydrogen-bond acceptors (Lipinski definition) is 6. The zero-order valence-electron chi connectivity index (χ0n) is 17.0. The number of carbonyl (C=O) groups is 1. The van der Waals surface area contributed by atoms with Crippen LogP contribution in [0.25, 0.3) is 0 Å². The van der Waals surface area contributed by atoms with Crippen LogP contribution in [0.5, 0.6) is 11.5 Å².